The molecular weight excluding hydrogens is 538 g/mol. The number of nitrogens with zero attached hydrogens (tertiary/aromatic N) is 2. The molecule has 0 radical (unpaired) electrons. The second-order valence-electron chi connectivity index (χ2n) is 10.1. The number of para-hydroxylation sites is 1. The van der Waals surface area contributed by atoms with E-state index in [1.54, 1.807) is 31.6 Å². The van der Waals surface area contributed by atoms with Gasteiger partial charge in [0, 0.05) is 49.1 Å². The molecule has 3 atom stereocenters. The maximum atomic E-state index is 13.3. The van der Waals surface area contributed by atoms with E-state index < -0.39 is 0 Å². The van der Waals surface area contributed by atoms with Gasteiger partial charge in [-0.05, 0) is 38.1 Å². The summed E-state index contributed by atoms with van der Waals surface area (Å²) in [6.07, 6.45) is 6.42. The van der Waals surface area contributed by atoms with Gasteiger partial charge in [-0.1, -0.05) is 36.3 Å². The summed E-state index contributed by atoms with van der Waals surface area (Å²) in [7, 11) is 3.63. The third kappa shape index (κ3) is 6.30. The fourth-order valence-electron chi connectivity index (χ4n) is 5.50. The highest BCUT2D eigenvalue weighted by molar-refractivity contribution is 7.81. The molecule has 208 valence electrons. The van der Waals surface area contributed by atoms with E-state index >= 15 is 0 Å². The number of fused-ring (bicyclic) bond motifs is 1. The van der Waals surface area contributed by atoms with Crippen molar-refractivity contribution in [1.82, 2.24) is 20.5 Å². The third-order valence-electron chi connectivity index (χ3n) is 7.45. The van der Waals surface area contributed by atoms with E-state index in [0.29, 0.717) is 52.5 Å². The third-order valence-corrected chi connectivity index (χ3v) is 8.06. The minimum Gasteiger partial charge on any atom is -0.493 e. The van der Waals surface area contributed by atoms with E-state index in [0.717, 1.165) is 43.6 Å². The number of thiocarbonyl (C=S) groups is 1. The monoisotopic (exact) mass is 571 g/mol. The number of carbonyl (C=O) groups excluding carboxylic acids is 1. The number of nitrogens with one attached hydrogen (secondary N) is 3. The molecule has 1 amide bonds. The summed E-state index contributed by atoms with van der Waals surface area (Å²) in [6, 6.07) is 7.38. The maximum absolute atomic E-state index is 13.3. The summed E-state index contributed by atoms with van der Waals surface area (Å²) in [5.41, 5.74) is 2.82. The predicted molar refractivity (Wildman–Crippen MR) is 154 cm³/mol. The molecule has 39 heavy (non-hydrogen) atoms. The number of methoxy groups -OCH3 is 1. The lowest BCUT2D eigenvalue weighted by atomic mass is 9.90. The Hall–Kier alpha value is -2.92. The second kappa shape index (κ2) is 12.5. The van der Waals surface area contributed by atoms with Crippen molar-refractivity contribution in [2.45, 2.75) is 38.0 Å². The Morgan fingerprint density at radius 2 is 2.21 bits per heavy atom. The van der Waals surface area contributed by atoms with Gasteiger partial charge in [0.15, 0.2) is 5.75 Å². The number of carbonyl (C=O) groups is 1. The summed E-state index contributed by atoms with van der Waals surface area (Å²) in [5, 5.41) is 10.4. The van der Waals surface area contributed by atoms with Gasteiger partial charge in [-0.25, -0.2) is 0 Å². The van der Waals surface area contributed by atoms with Crippen LogP contribution in [0.2, 0.25) is 5.02 Å². The molecule has 9 nitrogen and oxygen atoms in total. The van der Waals surface area contributed by atoms with Gasteiger partial charge in [0.1, 0.15) is 23.4 Å². The van der Waals surface area contributed by atoms with Crippen LogP contribution in [-0.4, -0.2) is 73.4 Å². The number of anilines is 1. The SMILES string of the molecule is COc1c(Cl)cccc1NC(=S)C1=C(NCc2ccncc2OCC2CN(C)CCO2)C2CCCC2NC1=O. The van der Waals surface area contributed by atoms with Gasteiger partial charge in [-0.3, -0.25) is 9.78 Å². The number of benzene rings is 1. The Bertz CT molecular complexity index is 1260. The second-order valence-corrected chi connectivity index (χ2v) is 10.9. The Labute approximate surface area is 239 Å². The van der Waals surface area contributed by atoms with Gasteiger partial charge in [-0.2, -0.15) is 0 Å². The maximum Gasteiger partial charge on any atom is 0.256 e. The number of pyridine rings is 1. The molecule has 1 aromatic heterocycles. The average molecular weight is 572 g/mol. The molecule has 2 fully saturated rings. The van der Waals surface area contributed by atoms with Crippen molar-refractivity contribution in [3.05, 3.63) is 58.5 Å². The fourth-order valence-corrected chi connectivity index (χ4v) is 6.06. The topological polar surface area (TPSA) is 97.0 Å². The number of likely N-dealkylation sites (N-methyl/N-ethyl adjacent to an activating group) is 1. The molecule has 11 heteroatoms. The van der Waals surface area contributed by atoms with Crippen molar-refractivity contribution in [3.63, 3.8) is 0 Å². The molecule has 2 aliphatic heterocycles. The smallest absolute Gasteiger partial charge is 0.256 e. The van der Waals surface area contributed by atoms with Crippen LogP contribution < -0.4 is 25.4 Å². The van der Waals surface area contributed by atoms with Crippen LogP contribution >= 0.6 is 23.8 Å². The van der Waals surface area contributed by atoms with Gasteiger partial charge in [0.05, 0.1) is 36.2 Å². The molecule has 1 saturated heterocycles. The zero-order valence-electron chi connectivity index (χ0n) is 22.2. The number of aromatic nitrogens is 1. The van der Waals surface area contributed by atoms with E-state index in [-0.39, 0.29) is 24.0 Å². The molecule has 3 aliphatic rings. The standard InChI is InChI=1S/C28H34ClN5O4S/c1-34-11-12-37-18(15-34)16-38-23-14-30-10-9-17(23)13-31-25-19-5-3-7-21(19)32-27(35)24(25)28(39)33-22-8-4-6-20(29)26(22)36-2/h4,6,8-10,14,18-19,21,31H,3,5,7,11-13,15-16H2,1-2H3,(H,32,35)(H,33,39). The van der Waals surface area contributed by atoms with Gasteiger partial charge in [0.25, 0.3) is 5.91 Å². The van der Waals surface area contributed by atoms with Gasteiger partial charge in [-0.15, -0.1) is 0 Å². The number of morpholine rings is 1. The van der Waals surface area contributed by atoms with E-state index in [4.69, 9.17) is 38.0 Å². The highest BCUT2D eigenvalue weighted by Gasteiger charge is 2.40. The number of hydrogen-bond acceptors (Lipinski definition) is 8. The first-order valence-corrected chi connectivity index (χ1v) is 14.0. The van der Waals surface area contributed by atoms with Crippen molar-refractivity contribution in [2.75, 3.05) is 45.8 Å². The molecule has 3 unspecified atom stereocenters. The molecule has 5 rings (SSSR count). The number of halogens is 1. The molecule has 1 aromatic carbocycles. The van der Waals surface area contributed by atoms with Crippen molar-refractivity contribution in [2.24, 2.45) is 5.92 Å². The van der Waals surface area contributed by atoms with E-state index in [1.807, 2.05) is 12.1 Å². The summed E-state index contributed by atoms with van der Waals surface area (Å²) in [4.78, 5) is 20.1. The zero-order chi connectivity index (χ0) is 27.4. The Morgan fingerprint density at radius 3 is 3.03 bits per heavy atom. The molecular formula is C28H34ClN5O4S. The molecule has 0 bridgehead atoms. The first-order valence-electron chi connectivity index (χ1n) is 13.2. The van der Waals surface area contributed by atoms with Crippen molar-refractivity contribution >= 4 is 40.4 Å². The highest BCUT2D eigenvalue weighted by Crippen LogP contribution is 2.37. The summed E-state index contributed by atoms with van der Waals surface area (Å²) < 4.78 is 17.5. The number of hydrogen-bond donors (Lipinski definition) is 3. The number of ether oxygens (including phenoxy) is 3. The average Bonchev–Trinajstić information content (AvgIpc) is 3.39. The quantitative estimate of drug-likeness (QED) is 0.391. The minimum absolute atomic E-state index is 0.00675. The van der Waals surface area contributed by atoms with Crippen LogP contribution in [0.25, 0.3) is 0 Å². The highest BCUT2D eigenvalue weighted by atomic mass is 35.5. The lowest BCUT2D eigenvalue weighted by molar-refractivity contribution is -0.118. The predicted octanol–water partition coefficient (Wildman–Crippen LogP) is 3.53. The van der Waals surface area contributed by atoms with Crippen molar-refractivity contribution in [3.8, 4) is 11.5 Å². The van der Waals surface area contributed by atoms with Crippen LogP contribution in [0.4, 0.5) is 5.69 Å². The first-order chi connectivity index (χ1) is 18.9. The summed E-state index contributed by atoms with van der Waals surface area (Å²) >= 11 is 12.1. The lowest BCUT2D eigenvalue weighted by Gasteiger charge is -2.33. The van der Waals surface area contributed by atoms with Gasteiger partial charge in [0.2, 0.25) is 0 Å². The van der Waals surface area contributed by atoms with Crippen LogP contribution in [0.1, 0.15) is 24.8 Å². The van der Waals surface area contributed by atoms with Crippen LogP contribution in [0.3, 0.4) is 0 Å². The number of amides is 1. The Morgan fingerprint density at radius 1 is 1.33 bits per heavy atom. The molecule has 3 heterocycles. The van der Waals surface area contributed by atoms with E-state index in [2.05, 4.69) is 32.9 Å². The lowest BCUT2D eigenvalue weighted by Crippen LogP contribution is -2.48. The fraction of sp³-hybridized carbons (Fsp3) is 0.464. The van der Waals surface area contributed by atoms with Gasteiger partial charge < -0.3 is 35.1 Å². The minimum atomic E-state index is -0.191. The largest absolute Gasteiger partial charge is 0.493 e. The molecule has 1 aliphatic carbocycles. The molecule has 1 saturated carbocycles. The summed E-state index contributed by atoms with van der Waals surface area (Å²) in [5.74, 6) is 1.12. The zero-order valence-corrected chi connectivity index (χ0v) is 23.7. The van der Waals surface area contributed by atoms with Gasteiger partial charge >= 0.3 is 0 Å². The van der Waals surface area contributed by atoms with E-state index in [1.165, 1.54) is 0 Å². The Kier molecular flexibility index (Phi) is 8.86. The van der Waals surface area contributed by atoms with Crippen LogP contribution in [-0.2, 0) is 16.1 Å². The normalized spacial score (nSPS) is 23.2. The number of rotatable bonds is 9. The molecule has 3 N–H and O–H groups in total. The molecule has 0 spiro atoms. The van der Waals surface area contributed by atoms with Crippen LogP contribution in [0, 0.1) is 5.92 Å². The van der Waals surface area contributed by atoms with Crippen LogP contribution in [0.5, 0.6) is 11.5 Å². The van der Waals surface area contributed by atoms with Crippen LogP contribution in [0.15, 0.2) is 47.9 Å². The summed E-state index contributed by atoms with van der Waals surface area (Å²) in [6.45, 7) is 3.35. The first kappa shape index (κ1) is 27.6. The van der Waals surface area contributed by atoms with Crippen molar-refractivity contribution in [1.29, 1.82) is 0 Å². The van der Waals surface area contributed by atoms with Crippen molar-refractivity contribution < 1.29 is 19.0 Å². The van der Waals surface area contributed by atoms with E-state index in [9.17, 15) is 4.79 Å². The Balaban J connectivity index is 1.37. The molecule has 2 aromatic rings.